The van der Waals surface area contributed by atoms with Crippen LogP contribution in [0.25, 0.3) is 16.7 Å². The minimum Gasteiger partial charge on any atom is -0.335 e. The Morgan fingerprint density at radius 2 is 2.00 bits per heavy atom. The smallest absolute Gasteiger partial charge is 0.321 e. The largest absolute Gasteiger partial charge is 0.335 e. The van der Waals surface area contributed by atoms with Crippen LogP contribution in [-0.2, 0) is 4.79 Å². The number of imide groups is 1. The number of hydrogen-bond acceptors (Lipinski definition) is 6. The van der Waals surface area contributed by atoms with Gasteiger partial charge in [-0.2, -0.15) is 0 Å². The summed E-state index contributed by atoms with van der Waals surface area (Å²) in [5, 5.41) is 5.81. The average molecular weight is 409 g/mol. The number of carbonyl (C=O) groups excluding carboxylic acids is 2. The molecular weight excluding hydrogens is 390 g/mol. The normalized spacial score (nSPS) is 13.3. The molecule has 0 bridgehead atoms. The highest BCUT2D eigenvalue weighted by atomic mass is 32.2. The molecule has 4 rings (SSSR count). The molecule has 1 aliphatic carbocycles. The Morgan fingerprint density at radius 1 is 1.21 bits per heavy atom. The van der Waals surface area contributed by atoms with E-state index in [1.807, 2.05) is 13.0 Å². The van der Waals surface area contributed by atoms with E-state index >= 15 is 0 Å². The van der Waals surface area contributed by atoms with E-state index in [0.29, 0.717) is 21.9 Å². The van der Waals surface area contributed by atoms with Gasteiger partial charge in [0.2, 0.25) is 5.91 Å². The first kappa shape index (κ1) is 19.1. The number of amides is 3. The first-order valence-electron chi connectivity index (χ1n) is 9.20. The number of aromatic nitrogens is 3. The van der Waals surface area contributed by atoms with Crippen molar-refractivity contribution in [2.24, 2.45) is 0 Å². The second-order valence-corrected chi connectivity index (χ2v) is 7.72. The van der Waals surface area contributed by atoms with E-state index in [1.165, 1.54) is 4.57 Å². The lowest BCUT2D eigenvalue weighted by atomic mass is 10.2. The number of urea groups is 1. The maximum absolute atomic E-state index is 13.2. The molecule has 1 aromatic carbocycles. The van der Waals surface area contributed by atoms with Gasteiger partial charge >= 0.3 is 6.03 Å². The molecule has 2 heterocycles. The third-order valence-corrected chi connectivity index (χ3v) is 5.38. The number of nitrogens with one attached hydrogen (secondary N) is 2. The number of para-hydroxylation sites is 1. The molecular formula is C20H19N5O3S. The first-order valence-corrected chi connectivity index (χ1v) is 10.2. The number of hydrogen-bond donors (Lipinski definition) is 2. The van der Waals surface area contributed by atoms with E-state index in [1.54, 1.807) is 36.5 Å². The van der Waals surface area contributed by atoms with Crippen molar-refractivity contribution >= 4 is 34.6 Å². The average Bonchev–Trinajstić information content (AvgIpc) is 3.51. The zero-order valence-corrected chi connectivity index (χ0v) is 16.5. The second kappa shape index (κ2) is 8.04. The van der Waals surface area contributed by atoms with Gasteiger partial charge in [-0.3, -0.25) is 14.9 Å². The maximum Gasteiger partial charge on any atom is 0.321 e. The summed E-state index contributed by atoms with van der Waals surface area (Å²) in [6.45, 7) is 1.85. The van der Waals surface area contributed by atoms with E-state index in [9.17, 15) is 14.4 Å². The highest BCUT2D eigenvalue weighted by Crippen LogP contribution is 2.22. The molecule has 1 fully saturated rings. The van der Waals surface area contributed by atoms with Gasteiger partial charge in [0.1, 0.15) is 5.82 Å². The number of fused-ring (bicyclic) bond motifs is 1. The SMILES string of the molecule is Cc1cccnc1-n1c(SCC(=O)NC(=O)NC2CC2)nc2ccccc2c1=O. The molecule has 2 N–H and O–H groups in total. The van der Waals surface area contributed by atoms with Gasteiger partial charge in [0.15, 0.2) is 5.16 Å². The molecule has 0 atom stereocenters. The summed E-state index contributed by atoms with van der Waals surface area (Å²) in [7, 11) is 0. The molecule has 2 aromatic heterocycles. The Labute approximate surface area is 170 Å². The molecule has 148 valence electrons. The summed E-state index contributed by atoms with van der Waals surface area (Å²) in [6, 6.07) is 10.3. The molecule has 9 heteroatoms. The number of pyridine rings is 1. The van der Waals surface area contributed by atoms with Crippen LogP contribution in [0.2, 0.25) is 0 Å². The van der Waals surface area contributed by atoms with E-state index < -0.39 is 11.9 Å². The fourth-order valence-corrected chi connectivity index (χ4v) is 3.64. The highest BCUT2D eigenvalue weighted by Gasteiger charge is 2.24. The number of aryl methyl sites for hydroxylation is 1. The summed E-state index contributed by atoms with van der Waals surface area (Å²) in [6.07, 6.45) is 3.48. The number of benzene rings is 1. The molecule has 29 heavy (non-hydrogen) atoms. The van der Waals surface area contributed by atoms with Crippen LogP contribution in [-0.4, -0.2) is 38.3 Å². The molecule has 1 saturated carbocycles. The fourth-order valence-electron chi connectivity index (χ4n) is 2.85. The summed E-state index contributed by atoms with van der Waals surface area (Å²) in [5.41, 5.74) is 1.09. The van der Waals surface area contributed by atoms with Gasteiger partial charge in [0.05, 0.1) is 16.7 Å². The Hall–Kier alpha value is -3.20. The lowest BCUT2D eigenvalue weighted by Gasteiger charge is -2.14. The van der Waals surface area contributed by atoms with Crippen molar-refractivity contribution in [1.29, 1.82) is 0 Å². The fraction of sp³-hybridized carbons (Fsp3) is 0.250. The number of nitrogens with zero attached hydrogens (tertiary/aromatic N) is 3. The van der Waals surface area contributed by atoms with Crippen LogP contribution in [0.1, 0.15) is 18.4 Å². The monoisotopic (exact) mass is 409 g/mol. The summed E-state index contributed by atoms with van der Waals surface area (Å²) >= 11 is 1.08. The molecule has 0 unspecified atom stereocenters. The third-order valence-electron chi connectivity index (χ3n) is 4.44. The van der Waals surface area contributed by atoms with Crippen LogP contribution in [0.3, 0.4) is 0 Å². The van der Waals surface area contributed by atoms with Crippen LogP contribution in [0.5, 0.6) is 0 Å². The third kappa shape index (κ3) is 4.29. The molecule has 3 amide bonds. The number of rotatable bonds is 5. The van der Waals surface area contributed by atoms with E-state index in [0.717, 1.165) is 30.2 Å². The Bertz CT molecular complexity index is 1160. The molecule has 0 saturated heterocycles. The number of carbonyl (C=O) groups is 2. The quantitative estimate of drug-likeness (QED) is 0.494. The van der Waals surface area contributed by atoms with Crippen LogP contribution >= 0.6 is 11.8 Å². The zero-order valence-electron chi connectivity index (χ0n) is 15.7. The topological polar surface area (TPSA) is 106 Å². The minimum absolute atomic E-state index is 0.0608. The van der Waals surface area contributed by atoms with Gasteiger partial charge in [-0.15, -0.1) is 0 Å². The summed E-state index contributed by atoms with van der Waals surface area (Å²) < 4.78 is 1.42. The van der Waals surface area contributed by atoms with E-state index in [2.05, 4.69) is 20.6 Å². The predicted octanol–water partition coefficient (Wildman–Crippen LogP) is 2.17. The van der Waals surface area contributed by atoms with Crippen molar-refractivity contribution in [3.63, 3.8) is 0 Å². The molecule has 0 spiro atoms. The van der Waals surface area contributed by atoms with Crippen molar-refractivity contribution in [1.82, 2.24) is 25.2 Å². The van der Waals surface area contributed by atoms with Gasteiger partial charge in [-0.05, 0) is 43.5 Å². The van der Waals surface area contributed by atoms with Crippen molar-refractivity contribution in [2.45, 2.75) is 31.0 Å². The Morgan fingerprint density at radius 3 is 2.76 bits per heavy atom. The lowest BCUT2D eigenvalue weighted by Crippen LogP contribution is -2.41. The predicted molar refractivity (Wildman–Crippen MR) is 110 cm³/mol. The van der Waals surface area contributed by atoms with E-state index in [-0.39, 0.29) is 17.4 Å². The van der Waals surface area contributed by atoms with Crippen LogP contribution < -0.4 is 16.2 Å². The van der Waals surface area contributed by atoms with Crippen LogP contribution in [0.4, 0.5) is 4.79 Å². The van der Waals surface area contributed by atoms with Gasteiger partial charge in [0, 0.05) is 12.2 Å². The lowest BCUT2D eigenvalue weighted by molar-refractivity contribution is -0.117. The van der Waals surface area contributed by atoms with Crippen molar-refractivity contribution in [3.05, 3.63) is 58.5 Å². The molecule has 1 aliphatic rings. The zero-order chi connectivity index (χ0) is 20.4. The van der Waals surface area contributed by atoms with Crippen molar-refractivity contribution in [3.8, 4) is 5.82 Å². The van der Waals surface area contributed by atoms with Crippen molar-refractivity contribution < 1.29 is 9.59 Å². The standard InChI is InChI=1S/C20H19N5O3S/c1-12-5-4-10-21-17(12)25-18(27)14-6-2-3-7-15(14)23-20(25)29-11-16(26)24-19(28)22-13-8-9-13/h2-7,10,13H,8-9,11H2,1H3,(H2,22,24,26,28). The number of thioether (sulfide) groups is 1. The first-order chi connectivity index (χ1) is 14.0. The molecule has 0 aliphatic heterocycles. The van der Waals surface area contributed by atoms with Gasteiger partial charge in [-0.1, -0.05) is 30.0 Å². The van der Waals surface area contributed by atoms with Crippen LogP contribution in [0, 0.1) is 6.92 Å². The van der Waals surface area contributed by atoms with Gasteiger partial charge in [-0.25, -0.2) is 19.3 Å². The molecule has 8 nitrogen and oxygen atoms in total. The summed E-state index contributed by atoms with van der Waals surface area (Å²) in [4.78, 5) is 46.0. The second-order valence-electron chi connectivity index (χ2n) is 6.78. The van der Waals surface area contributed by atoms with Crippen molar-refractivity contribution in [2.75, 3.05) is 5.75 Å². The minimum atomic E-state index is -0.498. The summed E-state index contributed by atoms with van der Waals surface area (Å²) in [5.74, 6) is -0.0561. The van der Waals surface area contributed by atoms with Crippen LogP contribution in [0.15, 0.2) is 52.5 Å². The Kier molecular flexibility index (Phi) is 5.30. The van der Waals surface area contributed by atoms with E-state index in [4.69, 9.17) is 0 Å². The molecule has 3 aromatic rings. The Balaban J connectivity index is 1.64. The van der Waals surface area contributed by atoms with Gasteiger partial charge < -0.3 is 5.32 Å². The maximum atomic E-state index is 13.2. The van der Waals surface area contributed by atoms with Gasteiger partial charge in [0.25, 0.3) is 5.56 Å². The molecule has 0 radical (unpaired) electrons. The highest BCUT2D eigenvalue weighted by molar-refractivity contribution is 7.99.